The quantitative estimate of drug-likeness (QED) is 0.129. The van der Waals surface area contributed by atoms with Gasteiger partial charge in [-0.05, 0) is 6.92 Å². The molecule has 0 heterocycles. The maximum absolute atomic E-state index is 11.1. The van der Waals surface area contributed by atoms with E-state index in [0.717, 1.165) is 0 Å². The minimum absolute atomic E-state index is 0.247. The van der Waals surface area contributed by atoms with E-state index in [9.17, 15) is 4.79 Å². The fourth-order valence-corrected chi connectivity index (χ4v) is 2.11. The smallest absolute Gasteiger partial charge is 0.308 e. The molecule has 0 aromatic carbocycles. The van der Waals surface area contributed by atoms with Crippen LogP contribution in [0.2, 0.25) is 0 Å². The van der Waals surface area contributed by atoms with Gasteiger partial charge in [0, 0.05) is 6.54 Å². The molecule has 0 fully saturated rings. The molecule has 0 amide bonds. The van der Waals surface area contributed by atoms with E-state index < -0.39 is 0 Å². The Morgan fingerprint density at radius 3 is 1.06 bits per heavy atom. The maximum atomic E-state index is 11.1. The Morgan fingerprint density at radius 2 is 0.781 bits per heavy atom. The van der Waals surface area contributed by atoms with Crippen molar-refractivity contribution < 1.29 is 47.4 Å². The van der Waals surface area contributed by atoms with Gasteiger partial charge in [0.1, 0.15) is 0 Å². The minimum atomic E-state index is -0.247. The van der Waals surface area contributed by atoms with Gasteiger partial charge in [-0.15, -0.1) is 0 Å². The second-order valence-corrected chi connectivity index (χ2v) is 6.24. The molecule has 0 unspecified atom stereocenters. The zero-order valence-corrected chi connectivity index (χ0v) is 19.6. The molecule has 0 bridgehead atoms. The van der Waals surface area contributed by atoms with Crippen molar-refractivity contribution in [2.45, 2.75) is 13.3 Å². The predicted octanol–water partition coefficient (Wildman–Crippen LogP) is 0.0311. The van der Waals surface area contributed by atoms with Crippen LogP contribution in [0.5, 0.6) is 0 Å². The summed E-state index contributed by atoms with van der Waals surface area (Å²) in [5, 5.41) is 0. The van der Waals surface area contributed by atoms with E-state index in [1.165, 1.54) is 0 Å². The standard InChI is InChI=1S/C21H43NO10/c1-2-32-21(23)3-5-24-7-9-26-11-13-28-15-17-30-19-20-31-18-16-29-14-12-27-10-8-25-6-4-22/h2-20,22H2,1H3. The Balaban J connectivity index is 3.03. The summed E-state index contributed by atoms with van der Waals surface area (Å²) in [5.41, 5.74) is 5.31. The van der Waals surface area contributed by atoms with Gasteiger partial charge in [0.25, 0.3) is 0 Å². The molecule has 0 saturated heterocycles. The molecule has 2 N–H and O–H groups in total. The van der Waals surface area contributed by atoms with Gasteiger partial charge in [-0.3, -0.25) is 4.79 Å². The number of rotatable bonds is 27. The summed E-state index contributed by atoms with van der Waals surface area (Å²) in [6, 6.07) is 0. The van der Waals surface area contributed by atoms with Crippen LogP contribution in [0.15, 0.2) is 0 Å². The number of hydrogen-bond acceptors (Lipinski definition) is 11. The van der Waals surface area contributed by atoms with E-state index in [-0.39, 0.29) is 12.4 Å². The largest absolute Gasteiger partial charge is 0.466 e. The van der Waals surface area contributed by atoms with Crippen molar-refractivity contribution in [2.75, 3.05) is 119 Å². The van der Waals surface area contributed by atoms with Crippen LogP contribution in [0.3, 0.4) is 0 Å². The Hall–Kier alpha value is -0.890. The van der Waals surface area contributed by atoms with Crippen molar-refractivity contribution in [3.63, 3.8) is 0 Å². The fourth-order valence-electron chi connectivity index (χ4n) is 2.11. The maximum Gasteiger partial charge on any atom is 0.308 e. The highest BCUT2D eigenvalue weighted by Crippen LogP contribution is 1.89. The van der Waals surface area contributed by atoms with Crippen LogP contribution in [0.25, 0.3) is 0 Å². The molecule has 0 aromatic rings. The van der Waals surface area contributed by atoms with Crippen LogP contribution in [0, 0.1) is 0 Å². The summed E-state index contributed by atoms with van der Waals surface area (Å²) in [6.45, 7) is 10.7. The number of carbonyl (C=O) groups is 1. The summed E-state index contributed by atoms with van der Waals surface area (Å²) >= 11 is 0. The second kappa shape index (κ2) is 28.1. The Morgan fingerprint density at radius 1 is 0.500 bits per heavy atom. The van der Waals surface area contributed by atoms with Gasteiger partial charge in [-0.1, -0.05) is 0 Å². The van der Waals surface area contributed by atoms with Crippen molar-refractivity contribution in [1.29, 1.82) is 0 Å². The highest BCUT2D eigenvalue weighted by atomic mass is 16.6. The third-order valence-corrected chi connectivity index (χ3v) is 3.62. The summed E-state index contributed by atoms with van der Waals surface area (Å²) in [4.78, 5) is 11.1. The topological polar surface area (TPSA) is 126 Å². The highest BCUT2D eigenvalue weighted by Gasteiger charge is 2.00. The van der Waals surface area contributed by atoms with Crippen LogP contribution in [-0.2, 0) is 47.4 Å². The first kappa shape index (κ1) is 31.1. The molecule has 11 nitrogen and oxygen atoms in total. The Kier molecular flexibility index (Phi) is 27.4. The van der Waals surface area contributed by atoms with Crippen LogP contribution < -0.4 is 5.73 Å². The SMILES string of the molecule is CCOC(=O)CCOCCOCCOCCOCCOCCOCCOCCOCCN. The first-order valence-electron chi connectivity index (χ1n) is 11.3. The van der Waals surface area contributed by atoms with E-state index in [1.807, 2.05) is 0 Å². The van der Waals surface area contributed by atoms with Crippen LogP contribution in [0.4, 0.5) is 0 Å². The summed E-state index contributed by atoms with van der Waals surface area (Å²) < 4.78 is 47.6. The molecule has 0 atom stereocenters. The minimum Gasteiger partial charge on any atom is -0.466 e. The summed E-state index contributed by atoms with van der Waals surface area (Å²) in [7, 11) is 0. The molecule has 0 aliphatic carbocycles. The van der Waals surface area contributed by atoms with Gasteiger partial charge in [0.2, 0.25) is 0 Å². The summed E-state index contributed by atoms with van der Waals surface area (Å²) in [5.74, 6) is -0.247. The van der Waals surface area contributed by atoms with Crippen LogP contribution >= 0.6 is 0 Å². The van der Waals surface area contributed by atoms with Gasteiger partial charge in [0.15, 0.2) is 0 Å². The average Bonchev–Trinajstić information content (AvgIpc) is 2.79. The molecule has 0 aliphatic heterocycles. The lowest BCUT2D eigenvalue weighted by atomic mass is 10.5. The monoisotopic (exact) mass is 469 g/mol. The van der Waals surface area contributed by atoms with Crippen molar-refractivity contribution in [3.8, 4) is 0 Å². The molecule has 0 aliphatic rings. The van der Waals surface area contributed by atoms with Gasteiger partial charge in [0.05, 0.1) is 119 Å². The highest BCUT2D eigenvalue weighted by molar-refractivity contribution is 5.69. The van der Waals surface area contributed by atoms with Crippen LogP contribution in [-0.4, -0.2) is 125 Å². The Labute approximate surface area is 192 Å². The Bertz CT molecular complexity index is 376. The van der Waals surface area contributed by atoms with Crippen LogP contribution in [0.1, 0.15) is 13.3 Å². The molecule has 11 heteroatoms. The third-order valence-electron chi connectivity index (χ3n) is 3.62. The van der Waals surface area contributed by atoms with Gasteiger partial charge in [-0.2, -0.15) is 0 Å². The molecule has 0 saturated carbocycles. The number of carbonyl (C=O) groups excluding carboxylic acids is 1. The molecule has 0 spiro atoms. The fraction of sp³-hybridized carbons (Fsp3) is 0.952. The lowest BCUT2D eigenvalue weighted by Gasteiger charge is -2.08. The van der Waals surface area contributed by atoms with E-state index in [2.05, 4.69) is 0 Å². The van der Waals surface area contributed by atoms with Crippen molar-refractivity contribution >= 4 is 5.97 Å². The van der Waals surface area contributed by atoms with Crippen molar-refractivity contribution in [3.05, 3.63) is 0 Å². The van der Waals surface area contributed by atoms with E-state index >= 15 is 0 Å². The first-order valence-corrected chi connectivity index (χ1v) is 11.3. The zero-order chi connectivity index (χ0) is 23.4. The van der Waals surface area contributed by atoms with Gasteiger partial charge >= 0.3 is 5.97 Å². The molecule has 0 rings (SSSR count). The molecular formula is C21H43NO10. The number of esters is 1. The average molecular weight is 470 g/mol. The third kappa shape index (κ3) is 27.1. The number of hydrogen-bond donors (Lipinski definition) is 1. The number of nitrogens with two attached hydrogens (primary N) is 1. The van der Waals surface area contributed by atoms with Gasteiger partial charge in [-0.25, -0.2) is 0 Å². The summed E-state index contributed by atoms with van der Waals surface area (Å²) in [6.07, 6.45) is 0.262. The van der Waals surface area contributed by atoms with E-state index in [1.54, 1.807) is 6.92 Å². The second-order valence-electron chi connectivity index (χ2n) is 6.24. The zero-order valence-electron chi connectivity index (χ0n) is 19.6. The lowest BCUT2D eigenvalue weighted by Crippen LogP contribution is -2.15. The van der Waals surface area contributed by atoms with Crippen molar-refractivity contribution in [1.82, 2.24) is 0 Å². The van der Waals surface area contributed by atoms with Crippen molar-refractivity contribution in [2.24, 2.45) is 5.73 Å². The molecule has 32 heavy (non-hydrogen) atoms. The molecular weight excluding hydrogens is 426 g/mol. The van der Waals surface area contributed by atoms with E-state index in [0.29, 0.717) is 119 Å². The molecule has 192 valence electrons. The molecule has 0 aromatic heterocycles. The van der Waals surface area contributed by atoms with Gasteiger partial charge < -0.3 is 48.4 Å². The lowest BCUT2D eigenvalue weighted by molar-refractivity contribution is -0.144. The first-order chi connectivity index (χ1) is 15.8. The number of ether oxygens (including phenoxy) is 9. The van der Waals surface area contributed by atoms with E-state index in [4.69, 9.17) is 48.4 Å². The molecule has 0 radical (unpaired) electrons. The predicted molar refractivity (Wildman–Crippen MR) is 117 cm³/mol. The normalized spacial score (nSPS) is 11.2.